The molecule has 0 spiro atoms. The fraction of sp³-hybridized carbons (Fsp3) is 0.308. The van der Waals surface area contributed by atoms with Gasteiger partial charge < -0.3 is 9.73 Å². The van der Waals surface area contributed by atoms with Crippen LogP contribution in [0, 0.1) is 0 Å². The number of amides is 1. The Morgan fingerprint density at radius 1 is 1.38 bits per heavy atom. The third kappa shape index (κ3) is 4.62. The summed E-state index contributed by atoms with van der Waals surface area (Å²) in [5.74, 6) is 0.623. The van der Waals surface area contributed by atoms with Gasteiger partial charge in [-0.15, -0.1) is 10.2 Å². The minimum atomic E-state index is -0.228. The van der Waals surface area contributed by atoms with E-state index in [1.54, 1.807) is 18.2 Å². The van der Waals surface area contributed by atoms with Crippen LogP contribution in [0.5, 0.6) is 0 Å². The van der Waals surface area contributed by atoms with Crippen LogP contribution in [0.25, 0.3) is 0 Å². The van der Waals surface area contributed by atoms with Crippen molar-refractivity contribution >= 4 is 46.6 Å². The Morgan fingerprint density at radius 2 is 2.14 bits per heavy atom. The fourth-order valence-electron chi connectivity index (χ4n) is 1.42. The Hall–Kier alpha value is -1.24. The summed E-state index contributed by atoms with van der Waals surface area (Å²) < 4.78 is 5.40. The first kappa shape index (κ1) is 16.1. The zero-order valence-electron chi connectivity index (χ0n) is 11.4. The van der Waals surface area contributed by atoms with Gasteiger partial charge in [-0.1, -0.05) is 48.8 Å². The molecular formula is C13H13Cl2N3O2S. The van der Waals surface area contributed by atoms with Crippen LogP contribution in [0.4, 0.5) is 5.69 Å². The Kier molecular flexibility index (Phi) is 5.50. The van der Waals surface area contributed by atoms with Crippen molar-refractivity contribution < 1.29 is 9.21 Å². The summed E-state index contributed by atoms with van der Waals surface area (Å²) in [6, 6.07) is 4.87. The van der Waals surface area contributed by atoms with E-state index in [-0.39, 0.29) is 17.6 Å². The maximum Gasteiger partial charge on any atom is 0.277 e. The van der Waals surface area contributed by atoms with Gasteiger partial charge in [0, 0.05) is 10.9 Å². The number of benzene rings is 1. The lowest BCUT2D eigenvalue weighted by molar-refractivity contribution is -0.113. The summed E-state index contributed by atoms with van der Waals surface area (Å²) >= 11 is 13.0. The second-order valence-corrected chi connectivity index (χ2v) is 6.29. The largest absolute Gasteiger partial charge is 0.416 e. The first-order valence-corrected chi connectivity index (χ1v) is 7.91. The number of rotatable bonds is 5. The van der Waals surface area contributed by atoms with Gasteiger partial charge in [-0.05, 0) is 18.2 Å². The number of hydrogen-bond acceptors (Lipinski definition) is 5. The third-order valence-electron chi connectivity index (χ3n) is 2.45. The number of aromatic nitrogens is 2. The Morgan fingerprint density at radius 3 is 2.81 bits per heavy atom. The van der Waals surface area contributed by atoms with Gasteiger partial charge in [0.2, 0.25) is 11.8 Å². The summed E-state index contributed by atoms with van der Waals surface area (Å²) in [7, 11) is 0. The monoisotopic (exact) mass is 345 g/mol. The van der Waals surface area contributed by atoms with Gasteiger partial charge in [0.1, 0.15) is 0 Å². The van der Waals surface area contributed by atoms with Gasteiger partial charge in [0.15, 0.2) is 0 Å². The molecular weight excluding hydrogens is 333 g/mol. The van der Waals surface area contributed by atoms with E-state index in [0.29, 0.717) is 26.8 Å². The highest BCUT2D eigenvalue weighted by Gasteiger charge is 2.12. The minimum Gasteiger partial charge on any atom is -0.416 e. The summed E-state index contributed by atoms with van der Waals surface area (Å²) in [5, 5.41) is 11.7. The molecule has 21 heavy (non-hydrogen) atoms. The van der Waals surface area contributed by atoms with Crippen molar-refractivity contribution in [1.82, 2.24) is 10.2 Å². The molecule has 0 saturated carbocycles. The predicted octanol–water partition coefficient (Wildman–Crippen LogP) is 4.23. The summed E-state index contributed by atoms with van der Waals surface area (Å²) in [4.78, 5) is 11.9. The van der Waals surface area contributed by atoms with Crippen molar-refractivity contribution in [3.8, 4) is 0 Å². The average molecular weight is 346 g/mol. The number of carbonyl (C=O) groups is 1. The molecule has 0 aliphatic heterocycles. The Labute approximate surface area is 136 Å². The van der Waals surface area contributed by atoms with Crippen molar-refractivity contribution in [1.29, 1.82) is 0 Å². The van der Waals surface area contributed by atoms with Crippen LogP contribution < -0.4 is 5.32 Å². The second-order valence-electron chi connectivity index (χ2n) is 4.52. The molecule has 8 heteroatoms. The highest BCUT2D eigenvalue weighted by Crippen LogP contribution is 2.26. The van der Waals surface area contributed by atoms with E-state index < -0.39 is 0 Å². The van der Waals surface area contributed by atoms with Gasteiger partial charge in [0.25, 0.3) is 5.22 Å². The number of thioether (sulfide) groups is 1. The molecule has 112 valence electrons. The van der Waals surface area contributed by atoms with Crippen molar-refractivity contribution in [3.63, 3.8) is 0 Å². The number of hydrogen-bond donors (Lipinski definition) is 1. The lowest BCUT2D eigenvalue weighted by Gasteiger charge is -2.06. The van der Waals surface area contributed by atoms with Gasteiger partial charge in [-0.2, -0.15) is 0 Å². The molecule has 0 unspecified atom stereocenters. The lowest BCUT2D eigenvalue weighted by Crippen LogP contribution is -2.14. The SMILES string of the molecule is CC(C)c1nnc(SCC(=O)Nc2cc(Cl)ccc2Cl)o1. The van der Waals surface area contributed by atoms with Crippen molar-refractivity contribution in [2.24, 2.45) is 0 Å². The minimum absolute atomic E-state index is 0.141. The molecule has 1 aromatic heterocycles. The highest BCUT2D eigenvalue weighted by molar-refractivity contribution is 7.99. The number of carbonyl (C=O) groups excluding carboxylic acids is 1. The third-order valence-corrected chi connectivity index (χ3v) is 3.83. The van der Waals surface area contributed by atoms with E-state index in [0.717, 1.165) is 0 Å². The van der Waals surface area contributed by atoms with E-state index in [4.69, 9.17) is 27.6 Å². The predicted molar refractivity (Wildman–Crippen MR) is 84.2 cm³/mol. The summed E-state index contributed by atoms with van der Waals surface area (Å²) in [6.45, 7) is 3.91. The molecule has 1 N–H and O–H groups in total. The van der Waals surface area contributed by atoms with Crippen LogP contribution in [0.2, 0.25) is 10.0 Å². The molecule has 2 aromatic rings. The normalized spacial score (nSPS) is 10.9. The molecule has 0 radical (unpaired) electrons. The molecule has 0 aliphatic rings. The summed E-state index contributed by atoms with van der Waals surface area (Å²) in [5.41, 5.74) is 0.475. The van der Waals surface area contributed by atoms with E-state index in [1.807, 2.05) is 13.8 Å². The molecule has 0 saturated heterocycles. The van der Waals surface area contributed by atoms with Crippen LogP contribution in [0.1, 0.15) is 25.7 Å². The Bertz CT molecular complexity index is 646. The van der Waals surface area contributed by atoms with Crippen molar-refractivity contribution in [2.75, 3.05) is 11.1 Å². The first-order chi connectivity index (χ1) is 9.95. The Balaban J connectivity index is 1.91. The zero-order chi connectivity index (χ0) is 15.4. The lowest BCUT2D eigenvalue weighted by atomic mass is 10.2. The van der Waals surface area contributed by atoms with Gasteiger partial charge in [-0.3, -0.25) is 4.79 Å². The molecule has 0 atom stereocenters. The number of nitrogens with one attached hydrogen (secondary N) is 1. The zero-order valence-corrected chi connectivity index (χ0v) is 13.7. The van der Waals surface area contributed by atoms with E-state index >= 15 is 0 Å². The molecule has 0 fully saturated rings. The number of anilines is 1. The van der Waals surface area contributed by atoms with Gasteiger partial charge >= 0.3 is 0 Å². The van der Waals surface area contributed by atoms with E-state index in [1.165, 1.54) is 11.8 Å². The van der Waals surface area contributed by atoms with Crippen LogP contribution in [-0.4, -0.2) is 21.9 Å². The maximum absolute atomic E-state index is 11.9. The molecule has 0 aliphatic carbocycles. The topological polar surface area (TPSA) is 68.0 Å². The second kappa shape index (κ2) is 7.15. The first-order valence-electron chi connectivity index (χ1n) is 6.17. The van der Waals surface area contributed by atoms with Crippen LogP contribution in [0.3, 0.4) is 0 Å². The fourth-order valence-corrected chi connectivity index (χ4v) is 2.33. The molecule has 1 amide bonds. The van der Waals surface area contributed by atoms with Crippen LogP contribution >= 0.6 is 35.0 Å². The standard InChI is InChI=1S/C13H13Cl2N3O2S/c1-7(2)12-17-18-13(20-12)21-6-11(19)16-10-5-8(14)3-4-9(10)15/h3-5,7H,6H2,1-2H3,(H,16,19). The van der Waals surface area contributed by atoms with Crippen molar-refractivity contribution in [2.45, 2.75) is 25.0 Å². The number of halogens is 2. The smallest absolute Gasteiger partial charge is 0.277 e. The number of nitrogens with zero attached hydrogens (tertiary/aromatic N) is 2. The highest BCUT2D eigenvalue weighted by atomic mass is 35.5. The summed E-state index contributed by atoms with van der Waals surface area (Å²) in [6.07, 6.45) is 0. The van der Waals surface area contributed by atoms with Gasteiger partial charge in [0.05, 0.1) is 16.5 Å². The molecule has 5 nitrogen and oxygen atoms in total. The van der Waals surface area contributed by atoms with E-state index in [2.05, 4.69) is 15.5 Å². The average Bonchev–Trinajstić information content (AvgIpc) is 2.90. The molecule has 1 aromatic carbocycles. The quantitative estimate of drug-likeness (QED) is 0.821. The molecule has 1 heterocycles. The van der Waals surface area contributed by atoms with Crippen molar-refractivity contribution in [3.05, 3.63) is 34.1 Å². The molecule has 0 bridgehead atoms. The maximum atomic E-state index is 11.9. The van der Waals surface area contributed by atoms with Crippen LogP contribution in [-0.2, 0) is 4.79 Å². The van der Waals surface area contributed by atoms with E-state index in [9.17, 15) is 4.79 Å². The van der Waals surface area contributed by atoms with Gasteiger partial charge in [-0.25, -0.2) is 0 Å². The van der Waals surface area contributed by atoms with Crippen LogP contribution in [0.15, 0.2) is 27.8 Å². The molecule has 2 rings (SSSR count).